The van der Waals surface area contributed by atoms with E-state index in [2.05, 4.69) is 33.2 Å². The van der Waals surface area contributed by atoms with E-state index in [1.54, 1.807) is 0 Å². The Balaban J connectivity index is 1.99. The molecule has 0 fully saturated rings. The van der Waals surface area contributed by atoms with Crippen molar-refractivity contribution in [1.29, 1.82) is 0 Å². The van der Waals surface area contributed by atoms with E-state index < -0.39 is 0 Å². The predicted octanol–water partition coefficient (Wildman–Crippen LogP) is 4.42. The second-order valence-electron chi connectivity index (χ2n) is 5.03. The molecular weight excluding hydrogens is 270 g/mol. The van der Waals surface area contributed by atoms with Crippen LogP contribution in [0.15, 0.2) is 65.7 Å². The van der Waals surface area contributed by atoms with E-state index in [9.17, 15) is 0 Å². The van der Waals surface area contributed by atoms with Crippen LogP contribution in [0.5, 0.6) is 0 Å². The summed E-state index contributed by atoms with van der Waals surface area (Å²) in [5.74, 6) is 1.36. The average molecular weight is 283 g/mol. The molecule has 0 N–H and O–H groups in total. The molecule has 1 aliphatic rings. The lowest BCUT2D eigenvalue weighted by Gasteiger charge is -2.03. The summed E-state index contributed by atoms with van der Waals surface area (Å²) >= 11 is 0. The smallest absolute Gasteiger partial charge is 0.163 e. The minimum atomic E-state index is 0.668. The van der Waals surface area contributed by atoms with Gasteiger partial charge in [-0.3, -0.25) is 0 Å². The number of hydrogen-bond donors (Lipinski definition) is 0. The van der Waals surface area contributed by atoms with Gasteiger partial charge in [-0.25, -0.2) is 15.0 Å². The molecule has 0 saturated carbocycles. The molecule has 2 aromatic carbocycles. The van der Waals surface area contributed by atoms with Gasteiger partial charge in [0, 0.05) is 17.2 Å². The second kappa shape index (κ2) is 5.37. The van der Waals surface area contributed by atoms with E-state index in [1.807, 2.05) is 60.8 Å². The molecule has 0 spiro atoms. The van der Waals surface area contributed by atoms with E-state index in [-0.39, 0.29) is 0 Å². The van der Waals surface area contributed by atoms with Crippen LogP contribution in [0.1, 0.15) is 17.0 Å². The van der Waals surface area contributed by atoms with Crippen LogP contribution in [-0.4, -0.2) is 16.2 Å². The third kappa shape index (κ3) is 2.33. The zero-order valence-corrected chi connectivity index (χ0v) is 11.8. The molecule has 3 heteroatoms. The van der Waals surface area contributed by atoms with Crippen molar-refractivity contribution in [3.05, 3.63) is 77.6 Å². The van der Waals surface area contributed by atoms with E-state index in [0.29, 0.717) is 11.6 Å². The summed E-state index contributed by atoms with van der Waals surface area (Å²) in [6.07, 6.45) is 9.77. The van der Waals surface area contributed by atoms with Crippen LogP contribution in [0.4, 0.5) is 5.82 Å². The van der Waals surface area contributed by atoms with Gasteiger partial charge in [0.2, 0.25) is 0 Å². The van der Waals surface area contributed by atoms with Crippen molar-refractivity contribution >= 4 is 35.1 Å². The third-order valence-electron chi connectivity index (χ3n) is 3.55. The number of hydrogen-bond acceptors (Lipinski definition) is 3. The summed E-state index contributed by atoms with van der Waals surface area (Å²) in [6, 6.07) is 16.1. The third-order valence-corrected chi connectivity index (χ3v) is 3.55. The van der Waals surface area contributed by atoms with Crippen LogP contribution in [0, 0.1) is 0 Å². The normalized spacial score (nSPS) is 12.9. The Kier molecular flexibility index (Phi) is 3.09. The van der Waals surface area contributed by atoms with Gasteiger partial charge in [0.15, 0.2) is 11.6 Å². The van der Waals surface area contributed by atoms with Gasteiger partial charge in [0.05, 0.1) is 5.52 Å². The molecule has 2 heterocycles. The van der Waals surface area contributed by atoms with Crippen LogP contribution in [0.2, 0.25) is 0 Å². The number of nitrogens with zero attached hydrogens (tertiary/aromatic N) is 3. The fraction of sp³-hybridized carbons (Fsp3) is 0. The second-order valence-corrected chi connectivity index (χ2v) is 5.03. The fourth-order valence-electron chi connectivity index (χ4n) is 2.46. The minimum Gasteiger partial charge on any atom is -0.236 e. The van der Waals surface area contributed by atoms with Crippen molar-refractivity contribution in [2.45, 2.75) is 0 Å². The molecule has 0 aliphatic carbocycles. The highest BCUT2D eigenvalue weighted by Crippen LogP contribution is 2.23. The van der Waals surface area contributed by atoms with Crippen molar-refractivity contribution in [1.82, 2.24) is 9.97 Å². The van der Waals surface area contributed by atoms with Gasteiger partial charge in [-0.2, -0.15) is 0 Å². The van der Waals surface area contributed by atoms with Gasteiger partial charge in [0.1, 0.15) is 0 Å². The average Bonchev–Trinajstić information content (AvgIpc) is 2.59. The summed E-state index contributed by atoms with van der Waals surface area (Å²) in [5, 5.41) is 0.959. The van der Waals surface area contributed by atoms with Crippen LogP contribution < -0.4 is 0 Å². The van der Waals surface area contributed by atoms with Crippen LogP contribution in [-0.2, 0) is 0 Å². The first-order valence-electron chi connectivity index (χ1n) is 7.15. The lowest BCUT2D eigenvalue weighted by Crippen LogP contribution is -1.91. The summed E-state index contributed by atoms with van der Waals surface area (Å²) in [7, 11) is 0. The monoisotopic (exact) mass is 283 g/mol. The molecule has 22 heavy (non-hydrogen) atoms. The number of rotatable bonds is 0. The van der Waals surface area contributed by atoms with Crippen molar-refractivity contribution in [2.24, 2.45) is 4.99 Å². The van der Waals surface area contributed by atoms with E-state index in [0.717, 1.165) is 22.0 Å². The highest BCUT2D eigenvalue weighted by Gasteiger charge is 2.05. The first-order valence-corrected chi connectivity index (χ1v) is 7.15. The summed E-state index contributed by atoms with van der Waals surface area (Å²) in [4.78, 5) is 13.7. The Morgan fingerprint density at radius 3 is 2.41 bits per heavy atom. The lowest BCUT2D eigenvalue weighted by molar-refractivity contribution is 1.17. The lowest BCUT2D eigenvalue weighted by atomic mass is 10.1. The van der Waals surface area contributed by atoms with Gasteiger partial charge >= 0.3 is 0 Å². The largest absolute Gasteiger partial charge is 0.236 e. The van der Waals surface area contributed by atoms with Gasteiger partial charge in [0.25, 0.3) is 0 Å². The van der Waals surface area contributed by atoms with Crippen LogP contribution in [0.3, 0.4) is 0 Å². The van der Waals surface area contributed by atoms with E-state index in [4.69, 9.17) is 0 Å². The predicted molar refractivity (Wildman–Crippen MR) is 91.3 cm³/mol. The molecule has 3 nitrogen and oxygen atoms in total. The van der Waals surface area contributed by atoms with E-state index >= 15 is 0 Å². The molecule has 4 rings (SSSR count). The SMILES string of the molecule is C1=Cc2nc(c3ccccc3n2)N=Cc2ccccc2C=C1. The highest BCUT2D eigenvalue weighted by atomic mass is 15.0. The molecule has 0 atom stereocenters. The van der Waals surface area contributed by atoms with Gasteiger partial charge in [-0.05, 0) is 23.8 Å². The Morgan fingerprint density at radius 1 is 0.682 bits per heavy atom. The Labute approximate surface area is 128 Å². The maximum absolute atomic E-state index is 4.61. The van der Waals surface area contributed by atoms with Crippen LogP contribution in [0.25, 0.3) is 23.1 Å². The molecule has 1 aliphatic heterocycles. The standard InChI is InChI=1S/C19H13N3/c1-2-9-15-13-20-19-16-10-4-5-11-17(16)21-18(22-19)12-6-3-8-14(15)7-1/h1-13H. The molecule has 104 valence electrons. The van der Waals surface area contributed by atoms with E-state index in [1.165, 1.54) is 0 Å². The molecule has 0 unspecified atom stereocenters. The zero-order chi connectivity index (χ0) is 14.8. The number of allylic oxidation sites excluding steroid dienone is 2. The number of benzene rings is 2. The topological polar surface area (TPSA) is 38.1 Å². The van der Waals surface area contributed by atoms with Gasteiger partial charge in [-0.1, -0.05) is 54.6 Å². The maximum Gasteiger partial charge on any atom is 0.163 e. The quantitative estimate of drug-likeness (QED) is 0.612. The molecule has 0 amide bonds. The van der Waals surface area contributed by atoms with Crippen molar-refractivity contribution in [2.75, 3.05) is 0 Å². The maximum atomic E-state index is 4.61. The first-order chi connectivity index (χ1) is 10.9. The Bertz CT molecular complexity index is 936. The Morgan fingerprint density at radius 2 is 1.45 bits per heavy atom. The molecule has 1 aromatic heterocycles. The summed E-state index contributed by atoms with van der Waals surface area (Å²) in [5.41, 5.74) is 3.10. The number of para-hydroxylation sites is 1. The minimum absolute atomic E-state index is 0.668. The first kappa shape index (κ1) is 12.7. The number of fused-ring (bicyclic) bond motifs is 5. The molecule has 2 bridgehead atoms. The number of aliphatic imine (C=N–C) groups is 1. The molecule has 3 aromatic rings. The van der Waals surface area contributed by atoms with Gasteiger partial charge < -0.3 is 0 Å². The van der Waals surface area contributed by atoms with Crippen molar-refractivity contribution in [3.8, 4) is 0 Å². The summed E-state index contributed by atoms with van der Waals surface area (Å²) < 4.78 is 0. The molecular formula is C19H13N3. The fourth-order valence-corrected chi connectivity index (χ4v) is 2.46. The summed E-state index contributed by atoms with van der Waals surface area (Å²) in [6.45, 7) is 0. The Hall–Kier alpha value is -3.07. The highest BCUT2D eigenvalue weighted by molar-refractivity contribution is 5.93. The zero-order valence-electron chi connectivity index (χ0n) is 11.8. The number of aromatic nitrogens is 2. The molecule has 0 saturated heterocycles. The van der Waals surface area contributed by atoms with Crippen LogP contribution >= 0.6 is 0 Å². The van der Waals surface area contributed by atoms with Crippen molar-refractivity contribution < 1.29 is 0 Å². The molecule has 0 radical (unpaired) electrons. The van der Waals surface area contributed by atoms with Crippen molar-refractivity contribution in [3.63, 3.8) is 0 Å². The van der Waals surface area contributed by atoms with Gasteiger partial charge in [-0.15, -0.1) is 0 Å².